The number of thiocarbonyl (C=S) groups is 1. The second kappa shape index (κ2) is 11.4. The van der Waals surface area contributed by atoms with Crippen LogP contribution >= 0.6 is 12.2 Å². The number of hydrogen-bond donors (Lipinski definition) is 3. The van der Waals surface area contributed by atoms with Crippen LogP contribution in [0.2, 0.25) is 0 Å². The van der Waals surface area contributed by atoms with Crippen LogP contribution in [0.5, 0.6) is 5.75 Å². The Hall–Kier alpha value is -3.57. The molecule has 0 aliphatic heterocycles. The second-order valence-electron chi connectivity index (χ2n) is 5.74. The van der Waals surface area contributed by atoms with Crippen LogP contribution in [-0.4, -0.2) is 41.7 Å². The molecule has 0 aromatic heterocycles. The number of hydrazine groups is 1. The van der Waals surface area contributed by atoms with Crippen LogP contribution in [0.3, 0.4) is 0 Å². The van der Waals surface area contributed by atoms with E-state index in [0.717, 1.165) is 6.07 Å². The average Bonchev–Trinajstić information content (AvgIpc) is 2.75. The van der Waals surface area contributed by atoms with E-state index >= 15 is 0 Å². The lowest BCUT2D eigenvalue weighted by atomic mass is 10.2. The SMILES string of the molecule is CCOCCOc1cccc(C(=O)NC(=S)NNC(=O)c2cccc([N+](=O)[O-])c2)c1. The van der Waals surface area contributed by atoms with Gasteiger partial charge in [-0.05, 0) is 43.4 Å². The zero-order valence-corrected chi connectivity index (χ0v) is 16.9. The monoisotopic (exact) mass is 432 g/mol. The molecule has 2 aromatic rings. The van der Waals surface area contributed by atoms with Gasteiger partial charge in [0.15, 0.2) is 5.11 Å². The molecule has 3 N–H and O–H groups in total. The lowest BCUT2D eigenvalue weighted by molar-refractivity contribution is -0.384. The molecule has 11 heteroatoms. The number of nitrogens with one attached hydrogen (secondary N) is 3. The highest BCUT2D eigenvalue weighted by Crippen LogP contribution is 2.14. The summed E-state index contributed by atoms with van der Waals surface area (Å²) in [5.41, 5.74) is 4.78. The normalized spacial score (nSPS) is 10.0. The number of ether oxygens (including phenoxy) is 2. The standard InChI is InChI=1S/C19H20N4O6S/c1-2-28-9-10-29-16-8-4-6-14(12-16)17(24)20-19(30)22-21-18(25)13-5-3-7-15(11-13)23(26)27/h3-8,11-12H,2,9-10H2,1H3,(H,21,25)(H2,20,22,24,30). The minimum absolute atomic E-state index is 0.0581. The zero-order valence-electron chi connectivity index (χ0n) is 16.0. The van der Waals surface area contributed by atoms with Gasteiger partial charge in [-0.2, -0.15) is 0 Å². The van der Waals surface area contributed by atoms with E-state index in [1.807, 2.05) is 6.92 Å². The molecule has 0 atom stereocenters. The first-order valence-corrected chi connectivity index (χ1v) is 9.28. The Morgan fingerprint density at radius 2 is 1.73 bits per heavy atom. The van der Waals surface area contributed by atoms with Crippen LogP contribution in [0.4, 0.5) is 5.69 Å². The molecule has 0 bridgehead atoms. The van der Waals surface area contributed by atoms with Gasteiger partial charge in [-0.1, -0.05) is 12.1 Å². The first kappa shape index (κ1) is 22.7. The van der Waals surface area contributed by atoms with Crippen LogP contribution in [0, 0.1) is 10.1 Å². The minimum Gasteiger partial charge on any atom is -0.491 e. The predicted molar refractivity (Wildman–Crippen MR) is 112 cm³/mol. The molecule has 0 aliphatic carbocycles. The number of non-ortho nitro benzene ring substituents is 1. The van der Waals surface area contributed by atoms with Crippen molar-refractivity contribution in [1.29, 1.82) is 0 Å². The van der Waals surface area contributed by atoms with Crippen molar-refractivity contribution in [2.75, 3.05) is 19.8 Å². The molecule has 2 aromatic carbocycles. The molecule has 0 fully saturated rings. The van der Waals surface area contributed by atoms with E-state index in [-0.39, 0.29) is 16.4 Å². The van der Waals surface area contributed by atoms with Gasteiger partial charge in [0.05, 0.1) is 11.5 Å². The van der Waals surface area contributed by atoms with Crippen molar-refractivity contribution in [2.45, 2.75) is 6.92 Å². The molecule has 0 saturated carbocycles. The molecule has 2 rings (SSSR count). The fraction of sp³-hybridized carbons (Fsp3) is 0.211. The number of carbonyl (C=O) groups is 2. The van der Waals surface area contributed by atoms with Crippen molar-refractivity contribution in [3.8, 4) is 5.75 Å². The van der Waals surface area contributed by atoms with Crippen molar-refractivity contribution >= 4 is 34.8 Å². The summed E-state index contributed by atoms with van der Waals surface area (Å²) in [5.74, 6) is -0.660. The van der Waals surface area contributed by atoms with E-state index in [9.17, 15) is 19.7 Å². The van der Waals surface area contributed by atoms with Gasteiger partial charge in [-0.25, -0.2) is 0 Å². The second-order valence-corrected chi connectivity index (χ2v) is 6.15. The summed E-state index contributed by atoms with van der Waals surface area (Å²) >= 11 is 4.98. The molecule has 10 nitrogen and oxygen atoms in total. The third-order valence-corrected chi connectivity index (χ3v) is 3.84. The molecule has 0 saturated heterocycles. The molecule has 0 radical (unpaired) electrons. The molecule has 0 heterocycles. The van der Waals surface area contributed by atoms with Crippen molar-refractivity contribution < 1.29 is 24.0 Å². The third-order valence-electron chi connectivity index (χ3n) is 3.63. The Kier molecular flexibility index (Phi) is 8.66. The van der Waals surface area contributed by atoms with Crippen molar-refractivity contribution in [1.82, 2.24) is 16.2 Å². The topological polar surface area (TPSA) is 132 Å². The van der Waals surface area contributed by atoms with Crippen LogP contribution < -0.4 is 20.9 Å². The fourth-order valence-electron chi connectivity index (χ4n) is 2.24. The Bertz CT molecular complexity index is 937. The number of benzene rings is 2. The fourth-order valence-corrected chi connectivity index (χ4v) is 2.39. The number of nitro benzene ring substituents is 1. The van der Waals surface area contributed by atoms with E-state index in [4.69, 9.17) is 21.7 Å². The largest absolute Gasteiger partial charge is 0.491 e. The van der Waals surface area contributed by atoms with Crippen LogP contribution in [0.25, 0.3) is 0 Å². The first-order chi connectivity index (χ1) is 14.4. The number of amides is 2. The molecule has 0 unspecified atom stereocenters. The molecule has 2 amide bonds. The smallest absolute Gasteiger partial charge is 0.270 e. The van der Waals surface area contributed by atoms with Crippen molar-refractivity contribution in [3.63, 3.8) is 0 Å². The predicted octanol–water partition coefficient (Wildman–Crippen LogP) is 1.96. The maximum Gasteiger partial charge on any atom is 0.270 e. The minimum atomic E-state index is -0.653. The number of hydrogen-bond acceptors (Lipinski definition) is 7. The zero-order chi connectivity index (χ0) is 21.9. The lowest BCUT2D eigenvalue weighted by Gasteiger charge is -2.11. The molecular formula is C19H20N4O6S. The Balaban J connectivity index is 1.86. The quantitative estimate of drug-likeness (QED) is 0.250. The van der Waals surface area contributed by atoms with Crippen LogP contribution in [0.1, 0.15) is 27.6 Å². The summed E-state index contributed by atoms with van der Waals surface area (Å²) in [7, 11) is 0. The van der Waals surface area contributed by atoms with Gasteiger partial charge in [0.25, 0.3) is 17.5 Å². The highest BCUT2D eigenvalue weighted by molar-refractivity contribution is 7.80. The Morgan fingerprint density at radius 3 is 2.43 bits per heavy atom. The van der Waals surface area contributed by atoms with E-state index in [1.54, 1.807) is 24.3 Å². The first-order valence-electron chi connectivity index (χ1n) is 8.87. The number of carbonyl (C=O) groups excluding carboxylic acids is 2. The molecule has 30 heavy (non-hydrogen) atoms. The summed E-state index contributed by atoms with van der Waals surface area (Å²) in [5, 5.41) is 13.0. The summed E-state index contributed by atoms with van der Waals surface area (Å²) in [6, 6.07) is 11.7. The van der Waals surface area contributed by atoms with Crippen LogP contribution in [0.15, 0.2) is 48.5 Å². The van der Waals surface area contributed by atoms with Gasteiger partial charge in [0.2, 0.25) is 0 Å². The van der Waals surface area contributed by atoms with Gasteiger partial charge in [-0.3, -0.25) is 35.9 Å². The average molecular weight is 432 g/mol. The summed E-state index contributed by atoms with van der Waals surface area (Å²) in [6.45, 7) is 3.26. The van der Waals surface area contributed by atoms with Gasteiger partial charge in [0.1, 0.15) is 12.4 Å². The number of nitro groups is 1. The Morgan fingerprint density at radius 1 is 1.03 bits per heavy atom. The third kappa shape index (κ3) is 7.11. The van der Waals surface area contributed by atoms with E-state index in [0.29, 0.717) is 31.1 Å². The molecule has 0 aliphatic rings. The van der Waals surface area contributed by atoms with Gasteiger partial charge < -0.3 is 9.47 Å². The van der Waals surface area contributed by atoms with Gasteiger partial charge in [-0.15, -0.1) is 0 Å². The lowest BCUT2D eigenvalue weighted by Crippen LogP contribution is -2.48. The summed E-state index contributed by atoms with van der Waals surface area (Å²) < 4.78 is 10.7. The number of nitrogens with zero attached hydrogens (tertiary/aromatic N) is 1. The van der Waals surface area contributed by atoms with Crippen LogP contribution in [-0.2, 0) is 4.74 Å². The van der Waals surface area contributed by atoms with Gasteiger partial charge >= 0.3 is 0 Å². The molecular weight excluding hydrogens is 412 g/mol. The van der Waals surface area contributed by atoms with E-state index in [1.165, 1.54) is 18.2 Å². The highest BCUT2D eigenvalue weighted by Gasteiger charge is 2.13. The van der Waals surface area contributed by atoms with E-state index < -0.39 is 16.7 Å². The summed E-state index contributed by atoms with van der Waals surface area (Å²) in [4.78, 5) is 34.6. The molecule has 158 valence electrons. The molecule has 0 spiro atoms. The Labute approximate surface area is 177 Å². The highest BCUT2D eigenvalue weighted by atomic mass is 32.1. The maximum atomic E-state index is 12.3. The maximum absolute atomic E-state index is 12.3. The summed E-state index contributed by atoms with van der Waals surface area (Å²) in [6.07, 6.45) is 0. The number of rotatable bonds is 8. The van der Waals surface area contributed by atoms with Crippen molar-refractivity contribution in [3.05, 3.63) is 69.8 Å². The van der Waals surface area contributed by atoms with E-state index in [2.05, 4.69) is 16.2 Å². The van der Waals surface area contributed by atoms with Gasteiger partial charge in [0, 0.05) is 29.9 Å². The van der Waals surface area contributed by atoms with Crippen molar-refractivity contribution in [2.24, 2.45) is 0 Å².